The van der Waals surface area contributed by atoms with Crippen LogP contribution in [-0.2, 0) is 13.0 Å². The summed E-state index contributed by atoms with van der Waals surface area (Å²) in [5.41, 5.74) is 6.41. The zero-order chi connectivity index (χ0) is 11.4. The molecule has 3 nitrogen and oxygen atoms in total. The molecule has 0 bridgehead atoms. The Morgan fingerprint density at radius 1 is 1.60 bits per heavy atom. The van der Waals surface area contributed by atoms with Crippen molar-refractivity contribution in [3.8, 4) is 6.07 Å². The zero-order valence-corrected chi connectivity index (χ0v) is 8.30. The maximum Gasteiger partial charge on any atom is 0.280 e. The Balaban J connectivity index is 3.28. The van der Waals surface area contributed by atoms with Crippen molar-refractivity contribution in [2.45, 2.75) is 26.3 Å². The fourth-order valence-corrected chi connectivity index (χ4v) is 1.33. The van der Waals surface area contributed by atoms with Gasteiger partial charge in [0.25, 0.3) is 6.43 Å². The number of halogens is 2. The van der Waals surface area contributed by atoms with E-state index in [1.54, 1.807) is 13.0 Å². The maximum absolute atomic E-state index is 12.6. The van der Waals surface area contributed by atoms with Crippen LogP contribution in [-0.4, -0.2) is 4.98 Å². The highest BCUT2D eigenvalue weighted by Crippen LogP contribution is 2.23. The highest BCUT2D eigenvalue weighted by molar-refractivity contribution is 5.34. The summed E-state index contributed by atoms with van der Waals surface area (Å²) in [6.07, 6.45) is -2.53. The van der Waals surface area contributed by atoms with Gasteiger partial charge in [-0.05, 0) is 24.1 Å². The van der Waals surface area contributed by atoms with E-state index in [9.17, 15) is 8.78 Å². The first-order valence-corrected chi connectivity index (χ1v) is 4.44. The third kappa shape index (κ3) is 2.48. The zero-order valence-electron chi connectivity index (χ0n) is 8.30. The molecule has 1 aromatic rings. The molecule has 2 N–H and O–H groups in total. The van der Waals surface area contributed by atoms with Gasteiger partial charge in [0, 0.05) is 6.54 Å². The summed E-state index contributed by atoms with van der Waals surface area (Å²) >= 11 is 0. The lowest BCUT2D eigenvalue weighted by molar-refractivity contribution is 0.145. The molecule has 15 heavy (non-hydrogen) atoms. The quantitative estimate of drug-likeness (QED) is 0.829. The largest absolute Gasteiger partial charge is 0.325 e. The summed E-state index contributed by atoms with van der Waals surface area (Å²) < 4.78 is 25.2. The second-order valence-electron chi connectivity index (χ2n) is 3.12. The van der Waals surface area contributed by atoms with E-state index in [0.29, 0.717) is 16.8 Å². The summed E-state index contributed by atoms with van der Waals surface area (Å²) in [7, 11) is 0. The van der Waals surface area contributed by atoms with E-state index in [1.165, 1.54) is 0 Å². The smallest absolute Gasteiger partial charge is 0.280 e. The monoisotopic (exact) mass is 211 g/mol. The lowest BCUT2D eigenvalue weighted by atomic mass is 10.0. The Hall–Kier alpha value is -1.54. The van der Waals surface area contributed by atoms with Crippen molar-refractivity contribution < 1.29 is 8.78 Å². The second kappa shape index (κ2) is 4.80. The van der Waals surface area contributed by atoms with Gasteiger partial charge < -0.3 is 5.73 Å². The number of hydrogen-bond donors (Lipinski definition) is 1. The molecular formula is C10H11F2N3. The summed E-state index contributed by atoms with van der Waals surface area (Å²) in [6, 6.07) is 3.53. The number of alkyl halides is 2. The predicted molar refractivity (Wildman–Crippen MR) is 51.1 cm³/mol. The van der Waals surface area contributed by atoms with Gasteiger partial charge in [0.05, 0.1) is 18.2 Å². The molecule has 0 spiro atoms. The first-order chi connectivity index (χ1) is 7.10. The first-order valence-electron chi connectivity index (χ1n) is 4.44. The molecular weight excluding hydrogens is 200 g/mol. The molecule has 0 saturated carbocycles. The minimum atomic E-state index is -2.63. The van der Waals surface area contributed by atoms with Crippen molar-refractivity contribution in [2.24, 2.45) is 5.73 Å². The van der Waals surface area contributed by atoms with Gasteiger partial charge >= 0.3 is 0 Å². The third-order valence-corrected chi connectivity index (χ3v) is 2.16. The SMILES string of the molecule is Cc1c(CC#N)cc(CN)nc1C(F)F. The molecule has 0 fully saturated rings. The molecule has 80 valence electrons. The summed E-state index contributed by atoms with van der Waals surface area (Å²) in [6.45, 7) is 1.64. The van der Waals surface area contributed by atoms with Crippen molar-refractivity contribution in [1.82, 2.24) is 4.98 Å². The number of nitriles is 1. The maximum atomic E-state index is 12.6. The number of pyridine rings is 1. The van der Waals surface area contributed by atoms with E-state index in [4.69, 9.17) is 11.0 Å². The normalized spacial score (nSPS) is 10.4. The molecule has 0 aliphatic rings. The molecule has 0 aliphatic carbocycles. The van der Waals surface area contributed by atoms with Crippen molar-refractivity contribution in [1.29, 1.82) is 5.26 Å². The molecule has 0 aliphatic heterocycles. The number of rotatable bonds is 3. The van der Waals surface area contributed by atoms with E-state index in [0.717, 1.165) is 0 Å². The van der Waals surface area contributed by atoms with E-state index in [2.05, 4.69) is 4.98 Å². The van der Waals surface area contributed by atoms with Gasteiger partial charge in [0.15, 0.2) is 0 Å². The van der Waals surface area contributed by atoms with Gasteiger partial charge in [-0.3, -0.25) is 4.98 Å². The Bertz CT molecular complexity index is 396. The second-order valence-corrected chi connectivity index (χ2v) is 3.12. The summed E-state index contributed by atoms with van der Waals surface area (Å²) in [5, 5.41) is 8.55. The van der Waals surface area contributed by atoms with Gasteiger partial charge in [-0.15, -0.1) is 0 Å². The predicted octanol–water partition coefficient (Wildman–Crippen LogP) is 1.85. The average molecular weight is 211 g/mol. The molecule has 0 atom stereocenters. The van der Waals surface area contributed by atoms with Crippen molar-refractivity contribution in [3.05, 3.63) is 28.6 Å². The molecule has 1 heterocycles. The number of aromatic nitrogens is 1. The fourth-order valence-electron chi connectivity index (χ4n) is 1.33. The first kappa shape index (κ1) is 11.5. The van der Waals surface area contributed by atoms with Crippen LogP contribution in [0, 0.1) is 18.3 Å². The molecule has 5 heteroatoms. The lowest BCUT2D eigenvalue weighted by Crippen LogP contribution is -2.07. The van der Waals surface area contributed by atoms with Crippen LogP contribution in [0.4, 0.5) is 8.78 Å². The molecule has 0 aromatic carbocycles. The average Bonchev–Trinajstić information content (AvgIpc) is 2.21. The van der Waals surface area contributed by atoms with E-state index < -0.39 is 6.43 Å². The van der Waals surface area contributed by atoms with Gasteiger partial charge in [0.1, 0.15) is 5.69 Å². The highest BCUT2D eigenvalue weighted by Gasteiger charge is 2.16. The molecule has 1 aromatic heterocycles. The van der Waals surface area contributed by atoms with Crippen LogP contribution in [0.5, 0.6) is 0 Å². The van der Waals surface area contributed by atoms with Crippen LogP contribution >= 0.6 is 0 Å². The van der Waals surface area contributed by atoms with Crippen LogP contribution in [0.2, 0.25) is 0 Å². The Morgan fingerprint density at radius 3 is 2.73 bits per heavy atom. The highest BCUT2D eigenvalue weighted by atomic mass is 19.3. The summed E-state index contributed by atoms with van der Waals surface area (Å²) in [5.74, 6) is 0. The fraction of sp³-hybridized carbons (Fsp3) is 0.400. The van der Waals surface area contributed by atoms with Crippen LogP contribution < -0.4 is 5.73 Å². The molecule has 0 saturated heterocycles. The van der Waals surface area contributed by atoms with E-state index >= 15 is 0 Å². The van der Waals surface area contributed by atoms with Crippen LogP contribution in [0.3, 0.4) is 0 Å². The van der Waals surface area contributed by atoms with Gasteiger partial charge in [-0.1, -0.05) is 0 Å². The molecule has 0 unspecified atom stereocenters. The lowest BCUT2D eigenvalue weighted by Gasteiger charge is -2.10. The molecule has 1 rings (SSSR count). The standard InChI is InChI=1S/C10H11F2N3/c1-6-7(2-3-13)4-8(5-14)15-9(6)10(11)12/h4,10H,2,5,14H2,1H3. The number of nitrogens with two attached hydrogens (primary N) is 1. The third-order valence-electron chi connectivity index (χ3n) is 2.16. The van der Waals surface area contributed by atoms with E-state index in [1.807, 2.05) is 6.07 Å². The summed E-state index contributed by atoms with van der Waals surface area (Å²) in [4.78, 5) is 3.75. The minimum Gasteiger partial charge on any atom is -0.325 e. The van der Waals surface area contributed by atoms with E-state index in [-0.39, 0.29) is 18.7 Å². The topological polar surface area (TPSA) is 62.7 Å². The van der Waals surface area contributed by atoms with Crippen molar-refractivity contribution in [2.75, 3.05) is 0 Å². The van der Waals surface area contributed by atoms with Gasteiger partial charge in [-0.2, -0.15) is 5.26 Å². The number of hydrogen-bond acceptors (Lipinski definition) is 3. The van der Waals surface area contributed by atoms with Gasteiger partial charge in [-0.25, -0.2) is 8.78 Å². The Kier molecular flexibility index (Phi) is 3.69. The molecule has 0 radical (unpaired) electrons. The van der Waals surface area contributed by atoms with Crippen molar-refractivity contribution in [3.63, 3.8) is 0 Å². The van der Waals surface area contributed by atoms with Crippen LogP contribution in [0.15, 0.2) is 6.07 Å². The Labute approximate surface area is 86.5 Å². The van der Waals surface area contributed by atoms with Crippen LogP contribution in [0.1, 0.15) is 28.9 Å². The minimum absolute atomic E-state index is 0.0957. The van der Waals surface area contributed by atoms with Gasteiger partial charge in [0.2, 0.25) is 0 Å². The van der Waals surface area contributed by atoms with Crippen LogP contribution in [0.25, 0.3) is 0 Å². The molecule has 0 amide bonds. The van der Waals surface area contributed by atoms with Crippen molar-refractivity contribution >= 4 is 0 Å². The Morgan fingerprint density at radius 2 is 2.27 bits per heavy atom. The number of nitrogens with zero attached hydrogens (tertiary/aromatic N) is 2.